The SMILES string of the molecule is COc1c(C)cnc(Cc2cn(CCN3C(=O)c4ccccc4C3=O)c3c(Cl)nc(N)nc23)c1C. The Kier molecular flexibility index (Phi) is 5.64. The minimum Gasteiger partial charge on any atom is -0.496 e. The number of hydrogen-bond acceptors (Lipinski definition) is 7. The van der Waals surface area contributed by atoms with Crippen molar-refractivity contribution in [1.82, 2.24) is 24.4 Å². The molecule has 5 rings (SSSR count). The quantitative estimate of drug-likeness (QED) is 0.324. The molecule has 1 aliphatic rings. The molecule has 1 aliphatic heterocycles. The number of aryl methyl sites for hydroxylation is 1. The number of pyridine rings is 1. The number of nitrogens with two attached hydrogens (primary N) is 1. The average molecular weight is 491 g/mol. The van der Waals surface area contributed by atoms with Gasteiger partial charge in [0, 0.05) is 48.6 Å². The van der Waals surface area contributed by atoms with Crippen LogP contribution in [0.2, 0.25) is 5.15 Å². The lowest BCUT2D eigenvalue weighted by Crippen LogP contribution is -2.32. The van der Waals surface area contributed by atoms with E-state index in [1.54, 1.807) is 37.6 Å². The number of rotatable bonds is 6. The molecule has 0 atom stereocenters. The smallest absolute Gasteiger partial charge is 0.261 e. The third-order valence-electron chi connectivity index (χ3n) is 6.31. The van der Waals surface area contributed by atoms with Gasteiger partial charge in [-0.15, -0.1) is 0 Å². The standard InChI is InChI=1S/C25H23ClN6O3/c1-13-11-28-18(14(2)21(13)35-3)10-15-12-31(20-19(15)29-25(27)30-22(20)26)8-9-32-23(33)16-6-4-5-7-17(16)24(32)34/h4-7,11-12H,8-10H2,1-3H3,(H2,27,29,30). The zero-order chi connectivity index (χ0) is 24.9. The van der Waals surface area contributed by atoms with Crippen LogP contribution in [-0.2, 0) is 13.0 Å². The van der Waals surface area contributed by atoms with Crippen LogP contribution < -0.4 is 10.5 Å². The third kappa shape index (κ3) is 3.77. The van der Waals surface area contributed by atoms with Crippen LogP contribution in [0.15, 0.2) is 36.7 Å². The minimum atomic E-state index is -0.305. The van der Waals surface area contributed by atoms with Crippen molar-refractivity contribution in [3.63, 3.8) is 0 Å². The summed E-state index contributed by atoms with van der Waals surface area (Å²) < 4.78 is 7.40. The number of hydrogen-bond donors (Lipinski definition) is 1. The van der Waals surface area contributed by atoms with E-state index in [9.17, 15) is 9.59 Å². The Bertz CT molecular complexity index is 1480. The fourth-order valence-electron chi connectivity index (χ4n) is 4.62. The number of nitrogens with zero attached hydrogens (tertiary/aromatic N) is 5. The second-order valence-corrected chi connectivity index (χ2v) is 8.81. The highest BCUT2D eigenvalue weighted by Crippen LogP contribution is 2.31. The summed E-state index contributed by atoms with van der Waals surface area (Å²) in [5.41, 5.74) is 11.5. The Morgan fingerprint density at radius 2 is 1.74 bits per heavy atom. The van der Waals surface area contributed by atoms with Gasteiger partial charge in [0.05, 0.1) is 29.4 Å². The molecule has 0 radical (unpaired) electrons. The molecular formula is C25H23ClN6O3. The van der Waals surface area contributed by atoms with Gasteiger partial charge in [0.15, 0.2) is 5.15 Å². The number of benzene rings is 1. The Balaban J connectivity index is 1.50. The molecule has 4 aromatic rings. The van der Waals surface area contributed by atoms with Crippen LogP contribution in [0.1, 0.15) is 43.1 Å². The Labute approximate surface area is 206 Å². The fourth-order valence-corrected chi connectivity index (χ4v) is 4.91. The second-order valence-electron chi connectivity index (χ2n) is 8.45. The Hall–Kier alpha value is -3.98. The van der Waals surface area contributed by atoms with Crippen LogP contribution in [0.3, 0.4) is 0 Å². The van der Waals surface area contributed by atoms with Crippen molar-refractivity contribution in [1.29, 1.82) is 0 Å². The maximum Gasteiger partial charge on any atom is 0.261 e. The van der Waals surface area contributed by atoms with E-state index in [2.05, 4.69) is 15.0 Å². The first-order valence-electron chi connectivity index (χ1n) is 11.0. The number of nitrogen functional groups attached to an aromatic ring is 1. The first-order chi connectivity index (χ1) is 16.8. The van der Waals surface area contributed by atoms with Gasteiger partial charge in [-0.3, -0.25) is 19.5 Å². The van der Waals surface area contributed by atoms with E-state index in [4.69, 9.17) is 22.1 Å². The summed E-state index contributed by atoms with van der Waals surface area (Å²) in [6.45, 7) is 4.40. The molecule has 0 aliphatic carbocycles. The minimum absolute atomic E-state index is 0.0630. The van der Waals surface area contributed by atoms with E-state index in [0.29, 0.717) is 35.1 Å². The van der Waals surface area contributed by atoms with Crippen LogP contribution >= 0.6 is 11.6 Å². The summed E-state index contributed by atoms with van der Waals surface area (Å²) in [4.78, 5) is 40.0. The van der Waals surface area contributed by atoms with Crippen molar-refractivity contribution in [3.8, 4) is 5.75 Å². The molecule has 4 heterocycles. The molecule has 0 spiro atoms. The van der Waals surface area contributed by atoms with Crippen LogP contribution in [-0.4, -0.2) is 49.9 Å². The topological polar surface area (TPSA) is 116 Å². The number of aromatic nitrogens is 4. The van der Waals surface area contributed by atoms with E-state index < -0.39 is 0 Å². The fraction of sp³-hybridized carbons (Fsp3) is 0.240. The predicted octanol–water partition coefficient (Wildman–Crippen LogP) is 3.57. The Morgan fingerprint density at radius 3 is 2.40 bits per heavy atom. The highest BCUT2D eigenvalue weighted by Gasteiger charge is 2.34. The number of ether oxygens (including phenoxy) is 1. The third-order valence-corrected chi connectivity index (χ3v) is 6.58. The zero-order valence-corrected chi connectivity index (χ0v) is 20.3. The van der Waals surface area contributed by atoms with Crippen molar-refractivity contribution in [2.45, 2.75) is 26.8 Å². The molecule has 2 amide bonds. The molecule has 178 valence electrons. The van der Waals surface area contributed by atoms with E-state index in [1.165, 1.54) is 4.90 Å². The predicted molar refractivity (Wildman–Crippen MR) is 132 cm³/mol. The summed E-state index contributed by atoms with van der Waals surface area (Å²) in [5, 5.41) is 0.201. The van der Waals surface area contributed by atoms with Gasteiger partial charge in [-0.05, 0) is 26.0 Å². The number of anilines is 1. The van der Waals surface area contributed by atoms with Crippen molar-refractivity contribution >= 4 is 40.4 Å². The van der Waals surface area contributed by atoms with Crippen LogP contribution in [0.25, 0.3) is 11.0 Å². The maximum atomic E-state index is 12.8. The molecule has 0 fully saturated rings. The van der Waals surface area contributed by atoms with Crippen molar-refractivity contribution in [2.24, 2.45) is 0 Å². The summed E-state index contributed by atoms with van der Waals surface area (Å²) in [6, 6.07) is 6.82. The van der Waals surface area contributed by atoms with Gasteiger partial charge in [-0.2, -0.15) is 4.98 Å². The number of carbonyl (C=O) groups is 2. The highest BCUT2D eigenvalue weighted by atomic mass is 35.5. The number of fused-ring (bicyclic) bond motifs is 2. The van der Waals surface area contributed by atoms with E-state index in [0.717, 1.165) is 28.1 Å². The van der Waals surface area contributed by atoms with Crippen molar-refractivity contribution < 1.29 is 14.3 Å². The van der Waals surface area contributed by atoms with E-state index >= 15 is 0 Å². The lowest BCUT2D eigenvalue weighted by atomic mass is 10.1. The van der Waals surface area contributed by atoms with E-state index in [-0.39, 0.29) is 29.5 Å². The number of carbonyl (C=O) groups excluding carboxylic acids is 2. The van der Waals surface area contributed by atoms with Gasteiger partial charge in [0.25, 0.3) is 11.8 Å². The van der Waals surface area contributed by atoms with Crippen LogP contribution in [0, 0.1) is 13.8 Å². The molecule has 0 bridgehead atoms. The second kappa shape index (κ2) is 8.66. The molecule has 0 saturated heterocycles. The first kappa shape index (κ1) is 22.8. The summed E-state index contributed by atoms with van der Waals surface area (Å²) >= 11 is 6.47. The van der Waals surface area contributed by atoms with Gasteiger partial charge in [-0.25, -0.2) is 4.98 Å². The lowest BCUT2D eigenvalue weighted by molar-refractivity contribution is 0.0649. The number of imide groups is 1. The number of methoxy groups -OCH3 is 1. The largest absolute Gasteiger partial charge is 0.496 e. The normalized spacial score (nSPS) is 13.1. The molecule has 2 N–H and O–H groups in total. The number of amides is 2. The molecule has 1 aromatic carbocycles. The molecule has 3 aromatic heterocycles. The van der Waals surface area contributed by atoms with E-state index in [1.807, 2.05) is 24.6 Å². The maximum absolute atomic E-state index is 12.8. The van der Waals surface area contributed by atoms with Gasteiger partial charge in [0.1, 0.15) is 11.3 Å². The van der Waals surface area contributed by atoms with Gasteiger partial charge < -0.3 is 15.0 Å². The molecule has 0 saturated carbocycles. The monoisotopic (exact) mass is 490 g/mol. The van der Waals surface area contributed by atoms with Crippen molar-refractivity contribution in [2.75, 3.05) is 19.4 Å². The summed E-state index contributed by atoms with van der Waals surface area (Å²) in [7, 11) is 1.64. The molecule has 9 nitrogen and oxygen atoms in total. The zero-order valence-electron chi connectivity index (χ0n) is 19.5. The molecule has 10 heteroatoms. The highest BCUT2D eigenvalue weighted by molar-refractivity contribution is 6.34. The average Bonchev–Trinajstić information content (AvgIpc) is 3.29. The lowest BCUT2D eigenvalue weighted by Gasteiger charge is -2.15. The molecular weight excluding hydrogens is 468 g/mol. The first-order valence-corrected chi connectivity index (χ1v) is 11.4. The van der Waals surface area contributed by atoms with Crippen LogP contribution in [0.5, 0.6) is 5.75 Å². The van der Waals surface area contributed by atoms with Gasteiger partial charge in [0.2, 0.25) is 5.95 Å². The van der Waals surface area contributed by atoms with Crippen molar-refractivity contribution in [3.05, 3.63) is 75.3 Å². The molecule has 35 heavy (non-hydrogen) atoms. The van der Waals surface area contributed by atoms with Gasteiger partial charge in [-0.1, -0.05) is 23.7 Å². The molecule has 0 unspecified atom stereocenters. The summed E-state index contributed by atoms with van der Waals surface area (Å²) in [6.07, 6.45) is 4.14. The number of halogens is 1. The Morgan fingerprint density at radius 1 is 1.06 bits per heavy atom. The van der Waals surface area contributed by atoms with Crippen LogP contribution in [0.4, 0.5) is 5.95 Å². The summed E-state index contributed by atoms with van der Waals surface area (Å²) in [5.74, 6) is 0.241. The van der Waals surface area contributed by atoms with Gasteiger partial charge >= 0.3 is 0 Å².